The molecule has 0 aromatic heterocycles. The summed E-state index contributed by atoms with van der Waals surface area (Å²) in [4.78, 5) is 15.3. The molecule has 0 heterocycles. The molecule has 2 aliphatic carbocycles. The molecule has 1 aromatic rings. The molecule has 1 unspecified atom stereocenters. The Labute approximate surface area is 236 Å². The van der Waals surface area contributed by atoms with E-state index in [1.54, 1.807) is 0 Å². The minimum absolute atomic E-state index is 0.0331. The lowest BCUT2D eigenvalue weighted by Crippen LogP contribution is -2.29. The number of Topliss-reactive ketones (excluding diaryl/α,β-unsaturated/α-hetero) is 1. The van der Waals surface area contributed by atoms with Crippen LogP contribution in [0, 0.1) is 23.2 Å². The monoisotopic (exact) mass is 535 g/mol. The number of allylic oxidation sites excluding steroid dienone is 5. The fourth-order valence-corrected chi connectivity index (χ4v) is 6.10. The van der Waals surface area contributed by atoms with Crippen molar-refractivity contribution in [2.75, 3.05) is 37.8 Å². The van der Waals surface area contributed by atoms with Gasteiger partial charge in [0.25, 0.3) is 0 Å². The van der Waals surface area contributed by atoms with Gasteiger partial charge in [0.1, 0.15) is 6.61 Å². The number of ether oxygens (including phenoxy) is 1. The molecule has 1 atom stereocenters. The number of rotatable bonds is 12. The van der Waals surface area contributed by atoms with Crippen LogP contribution in [-0.2, 0) is 9.53 Å². The van der Waals surface area contributed by atoms with Crippen molar-refractivity contribution < 1.29 is 19.7 Å². The van der Waals surface area contributed by atoms with Crippen LogP contribution < -0.4 is 4.90 Å². The first-order chi connectivity index (χ1) is 18.5. The number of aliphatic hydroxyl groups is 2. The average molecular weight is 536 g/mol. The second kappa shape index (κ2) is 13.6. The number of nitrogens with zero attached hydrogens (tertiary/aromatic N) is 1. The maximum Gasteiger partial charge on any atom is 0.198 e. The average Bonchev–Trinajstić information content (AvgIpc) is 2.86. The largest absolute Gasteiger partial charge is 0.485 e. The van der Waals surface area contributed by atoms with Gasteiger partial charge >= 0.3 is 0 Å². The summed E-state index contributed by atoms with van der Waals surface area (Å²) in [6, 6.07) is 8.04. The molecule has 39 heavy (non-hydrogen) atoms. The first-order valence-electron chi connectivity index (χ1n) is 14.5. The van der Waals surface area contributed by atoms with Crippen LogP contribution in [0.15, 0.2) is 64.5 Å². The summed E-state index contributed by atoms with van der Waals surface area (Å²) in [5, 5.41) is 18.7. The smallest absolute Gasteiger partial charge is 0.198 e. The predicted octanol–water partition coefficient (Wildman–Crippen LogP) is 6.73. The van der Waals surface area contributed by atoms with E-state index in [0.29, 0.717) is 49.6 Å². The van der Waals surface area contributed by atoms with E-state index in [-0.39, 0.29) is 24.4 Å². The summed E-state index contributed by atoms with van der Waals surface area (Å²) in [6.45, 7) is 17.0. The van der Waals surface area contributed by atoms with Gasteiger partial charge in [0.2, 0.25) is 0 Å². The van der Waals surface area contributed by atoms with Gasteiger partial charge in [0.05, 0.1) is 13.2 Å². The molecule has 5 heteroatoms. The molecule has 0 radical (unpaired) electrons. The Morgan fingerprint density at radius 2 is 1.64 bits per heavy atom. The van der Waals surface area contributed by atoms with E-state index in [1.165, 1.54) is 16.7 Å². The fraction of sp³-hybridized carbons (Fsp3) is 0.559. The Bertz CT molecular complexity index is 1110. The zero-order valence-electron chi connectivity index (χ0n) is 25.1. The number of aliphatic hydroxyl groups excluding tert-OH is 2. The highest BCUT2D eigenvalue weighted by atomic mass is 16.5. The SMILES string of the molecule is CC(C)C1=CCC(C)C(C(C)C)=C1COC1=C(/C=C/c2ccc(N(CCO)CCO)cc2)CC(C)(C)CC1=O. The Morgan fingerprint density at radius 3 is 2.21 bits per heavy atom. The summed E-state index contributed by atoms with van der Waals surface area (Å²) in [5.74, 6) is 1.91. The summed E-state index contributed by atoms with van der Waals surface area (Å²) >= 11 is 0. The predicted molar refractivity (Wildman–Crippen MR) is 161 cm³/mol. The van der Waals surface area contributed by atoms with Gasteiger partial charge in [0, 0.05) is 25.2 Å². The lowest BCUT2D eigenvalue weighted by molar-refractivity contribution is -0.121. The molecule has 2 aliphatic rings. The van der Waals surface area contributed by atoms with Crippen LogP contribution in [0.5, 0.6) is 0 Å². The van der Waals surface area contributed by atoms with Crippen molar-refractivity contribution >= 4 is 17.5 Å². The molecule has 1 aromatic carbocycles. The first-order valence-corrected chi connectivity index (χ1v) is 14.5. The highest BCUT2D eigenvalue weighted by Crippen LogP contribution is 2.41. The number of benzene rings is 1. The Kier molecular flexibility index (Phi) is 10.8. The molecular formula is C34H49NO4. The van der Waals surface area contributed by atoms with Gasteiger partial charge in [-0.15, -0.1) is 0 Å². The number of hydrogen-bond acceptors (Lipinski definition) is 5. The van der Waals surface area contributed by atoms with Gasteiger partial charge < -0.3 is 19.8 Å². The van der Waals surface area contributed by atoms with E-state index in [4.69, 9.17) is 4.74 Å². The minimum Gasteiger partial charge on any atom is -0.485 e. The number of hydrogen-bond donors (Lipinski definition) is 2. The zero-order chi connectivity index (χ0) is 28.7. The molecular weight excluding hydrogens is 486 g/mol. The molecule has 0 spiro atoms. The highest BCUT2D eigenvalue weighted by molar-refractivity contribution is 5.96. The van der Waals surface area contributed by atoms with Crippen molar-refractivity contribution in [3.63, 3.8) is 0 Å². The van der Waals surface area contributed by atoms with Crippen molar-refractivity contribution in [2.24, 2.45) is 23.2 Å². The highest BCUT2D eigenvalue weighted by Gasteiger charge is 2.34. The maximum atomic E-state index is 13.3. The normalized spacial score (nSPS) is 19.9. The zero-order valence-corrected chi connectivity index (χ0v) is 25.1. The van der Waals surface area contributed by atoms with Crippen LogP contribution >= 0.6 is 0 Å². The van der Waals surface area contributed by atoms with Crippen LogP contribution in [0.25, 0.3) is 6.08 Å². The molecule has 5 nitrogen and oxygen atoms in total. The lowest BCUT2D eigenvalue weighted by Gasteiger charge is -2.33. The van der Waals surface area contributed by atoms with Crippen molar-refractivity contribution in [1.82, 2.24) is 0 Å². The fourth-order valence-electron chi connectivity index (χ4n) is 6.10. The molecule has 0 aliphatic heterocycles. The number of carbonyl (C=O) groups is 1. The lowest BCUT2D eigenvalue weighted by atomic mass is 9.75. The number of carbonyl (C=O) groups excluding carboxylic acids is 1. The van der Waals surface area contributed by atoms with E-state index < -0.39 is 0 Å². The Morgan fingerprint density at radius 1 is 1.00 bits per heavy atom. The molecule has 0 saturated heterocycles. The number of anilines is 1. The van der Waals surface area contributed by atoms with E-state index in [0.717, 1.165) is 29.7 Å². The summed E-state index contributed by atoms with van der Waals surface area (Å²) in [5.41, 5.74) is 6.90. The molecule has 0 bridgehead atoms. The van der Waals surface area contributed by atoms with Crippen molar-refractivity contribution in [3.05, 3.63) is 70.0 Å². The van der Waals surface area contributed by atoms with Crippen LogP contribution in [0.2, 0.25) is 0 Å². The Balaban J connectivity index is 1.90. The second-order valence-electron chi connectivity index (χ2n) is 12.5. The van der Waals surface area contributed by atoms with E-state index in [9.17, 15) is 15.0 Å². The maximum absolute atomic E-state index is 13.3. The molecule has 2 N–H and O–H groups in total. The first kappa shape index (κ1) is 30.9. The van der Waals surface area contributed by atoms with Gasteiger partial charge in [-0.3, -0.25) is 4.79 Å². The van der Waals surface area contributed by atoms with Gasteiger partial charge in [-0.1, -0.05) is 84.4 Å². The Hall–Kier alpha value is -2.63. The molecule has 3 rings (SSSR count). The molecule has 0 amide bonds. The van der Waals surface area contributed by atoms with E-state index in [2.05, 4.69) is 54.5 Å². The third kappa shape index (κ3) is 7.95. The standard InChI is InChI=1S/C34H49NO4/c1-23(2)29-15-8-25(5)32(24(3)4)30(29)22-39-33-27(20-34(6,7)21-31(33)38)12-9-26-10-13-28(14-11-26)35(16-18-36)17-19-37/h9-15,23-25,36-37H,8,16-22H2,1-7H3/b12-9+. The summed E-state index contributed by atoms with van der Waals surface area (Å²) in [7, 11) is 0. The van der Waals surface area contributed by atoms with E-state index >= 15 is 0 Å². The number of ketones is 1. The second-order valence-corrected chi connectivity index (χ2v) is 12.5. The van der Waals surface area contributed by atoms with Gasteiger partial charge in [-0.25, -0.2) is 0 Å². The topological polar surface area (TPSA) is 70.0 Å². The van der Waals surface area contributed by atoms with Crippen LogP contribution in [0.3, 0.4) is 0 Å². The summed E-state index contributed by atoms with van der Waals surface area (Å²) < 4.78 is 6.47. The van der Waals surface area contributed by atoms with Gasteiger partial charge in [0.15, 0.2) is 11.5 Å². The summed E-state index contributed by atoms with van der Waals surface area (Å²) in [6.07, 6.45) is 8.78. The van der Waals surface area contributed by atoms with Gasteiger partial charge in [-0.05, 0) is 70.4 Å². The van der Waals surface area contributed by atoms with Crippen LogP contribution in [0.1, 0.15) is 73.3 Å². The van der Waals surface area contributed by atoms with Crippen molar-refractivity contribution in [2.45, 2.75) is 67.7 Å². The van der Waals surface area contributed by atoms with Gasteiger partial charge in [-0.2, -0.15) is 0 Å². The molecule has 0 fully saturated rings. The molecule has 214 valence electrons. The third-order valence-electron chi connectivity index (χ3n) is 7.85. The van der Waals surface area contributed by atoms with E-state index in [1.807, 2.05) is 41.3 Å². The quantitative estimate of drug-likeness (QED) is 0.311. The van der Waals surface area contributed by atoms with Crippen molar-refractivity contribution in [3.8, 4) is 0 Å². The van der Waals surface area contributed by atoms with Crippen molar-refractivity contribution in [1.29, 1.82) is 0 Å². The minimum atomic E-state index is -0.118. The third-order valence-corrected chi connectivity index (χ3v) is 7.85. The van der Waals surface area contributed by atoms with Crippen LogP contribution in [0.4, 0.5) is 5.69 Å². The van der Waals surface area contributed by atoms with Crippen LogP contribution in [-0.4, -0.2) is 48.9 Å². The molecule has 0 saturated carbocycles.